The lowest BCUT2D eigenvalue weighted by molar-refractivity contribution is -0.154. The molecule has 0 saturated carbocycles. The van der Waals surface area contributed by atoms with Gasteiger partial charge in [0.15, 0.2) is 5.69 Å². The van der Waals surface area contributed by atoms with E-state index in [0.717, 1.165) is 0 Å². The molecule has 0 aliphatic heterocycles. The van der Waals surface area contributed by atoms with E-state index in [1.165, 1.54) is 28.9 Å². The highest BCUT2D eigenvalue weighted by Gasteiger charge is 2.26. The number of ether oxygens (including phenoxy) is 1. The number of rotatable bonds is 11. The van der Waals surface area contributed by atoms with Gasteiger partial charge in [-0.3, -0.25) is 4.79 Å². The number of carbonyl (C=O) groups excluding carboxylic acids is 1. The first-order valence-corrected chi connectivity index (χ1v) is 13.1. The zero-order valence-corrected chi connectivity index (χ0v) is 21.6. The second-order valence-corrected chi connectivity index (χ2v) is 10.6. The standard InChI is InChI=1S/C25H31N5O5S/c1-5-25(3,4)24(32)35-17-9-16-26-36(33,34)21-14-12-19(13-15-21)27-28-22-18(2)29-30(23(22)31)20-10-7-6-8-11-20/h6-8,10-15,26,31H,5,9,16-17H2,1-4H3. The highest BCUT2D eigenvalue weighted by atomic mass is 32.2. The van der Waals surface area contributed by atoms with Crippen LogP contribution in [0.1, 0.15) is 39.3 Å². The van der Waals surface area contributed by atoms with E-state index in [2.05, 4.69) is 20.0 Å². The Labute approximate surface area is 211 Å². The number of aromatic nitrogens is 2. The molecule has 0 fully saturated rings. The van der Waals surface area contributed by atoms with E-state index in [1.54, 1.807) is 19.1 Å². The van der Waals surface area contributed by atoms with Gasteiger partial charge in [-0.25, -0.2) is 13.1 Å². The molecule has 0 amide bonds. The Hall–Kier alpha value is -3.57. The SMILES string of the molecule is CCC(C)(C)C(=O)OCCCNS(=O)(=O)c1ccc(N=Nc2c(C)nn(-c3ccccc3)c2O)cc1. The molecule has 2 N–H and O–H groups in total. The molecule has 0 aliphatic rings. The first kappa shape index (κ1) is 27.0. The summed E-state index contributed by atoms with van der Waals surface area (Å²) in [5.74, 6) is -0.441. The maximum atomic E-state index is 12.5. The van der Waals surface area contributed by atoms with Crippen molar-refractivity contribution in [2.45, 2.75) is 45.4 Å². The Kier molecular flexibility index (Phi) is 8.59. The topological polar surface area (TPSA) is 135 Å². The normalized spacial score (nSPS) is 12.2. The molecular weight excluding hydrogens is 482 g/mol. The maximum absolute atomic E-state index is 12.5. The maximum Gasteiger partial charge on any atom is 0.311 e. The molecule has 0 aliphatic carbocycles. The van der Waals surface area contributed by atoms with Crippen LogP contribution >= 0.6 is 0 Å². The van der Waals surface area contributed by atoms with E-state index in [-0.39, 0.29) is 35.6 Å². The van der Waals surface area contributed by atoms with Crippen LogP contribution in [0.2, 0.25) is 0 Å². The quantitative estimate of drug-likeness (QED) is 0.212. The van der Waals surface area contributed by atoms with Crippen molar-refractivity contribution in [1.82, 2.24) is 14.5 Å². The molecule has 2 aromatic carbocycles. The first-order valence-electron chi connectivity index (χ1n) is 11.6. The van der Waals surface area contributed by atoms with Crippen LogP contribution in [0, 0.1) is 12.3 Å². The zero-order valence-electron chi connectivity index (χ0n) is 20.8. The third-order valence-corrected chi connectivity index (χ3v) is 7.18. The predicted molar refractivity (Wildman–Crippen MR) is 135 cm³/mol. The Bertz CT molecular complexity index is 1320. The van der Waals surface area contributed by atoms with E-state index < -0.39 is 15.4 Å². The van der Waals surface area contributed by atoms with Gasteiger partial charge in [0.25, 0.3) is 0 Å². The Morgan fingerprint density at radius 3 is 2.42 bits per heavy atom. The van der Waals surface area contributed by atoms with E-state index in [1.807, 2.05) is 39.0 Å². The zero-order chi connectivity index (χ0) is 26.3. The fourth-order valence-corrected chi connectivity index (χ4v) is 4.11. The fraction of sp³-hybridized carbons (Fsp3) is 0.360. The molecule has 0 radical (unpaired) electrons. The second kappa shape index (κ2) is 11.4. The van der Waals surface area contributed by atoms with Crippen molar-refractivity contribution < 1.29 is 23.1 Å². The van der Waals surface area contributed by atoms with Gasteiger partial charge in [0.1, 0.15) is 0 Å². The lowest BCUT2D eigenvalue weighted by Crippen LogP contribution is -2.28. The van der Waals surface area contributed by atoms with Gasteiger partial charge in [0, 0.05) is 6.54 Å². The number of aryl methyl sites for hydroxylation is 1. The van der Waals surface area contributed by atoms with Crippen molar-refractivity contribution in [3.63, 3.8) is 0 Å². The van der Waals surface area contributed by atoms with Gasteiger partial charge in [-0.05, 0) is 70.0 Å². The van der Waals surface area contributed by atoms with Gasteiger partial charge in [-0.2, -0.15) is 14.9 Å². The van der Waals surface area contributed by atoms with E-state index in [4.69, 9.17) is 4.74 Å². The molecule has 10 nitrogen and oxygen atoms in total. The van der Waals surface area contributed by atoms with E-state index >= 15 is 0 Å². The van der Waals surface area contributed by atoms with Crippen molar-refractivity contribution in [3.8, 4) is 11.6 Å². The average molecular weight is 514 g/mol. The minimum Gasteiger partial charge on any atom is -0.492 e. The van der Waals surface area contributed by atoms with Crippen LogP contribution in [0.25, 0.3) is 5.69 Å². The molecule has 3 rings (SSSR count). The molecule has 0 atom stereocenters. The molecule has 0 unspecified atom stereocenters. The van der Waals surface area contributed by atoms with Crippen LogP contribution in [0.15, 0.2) is 69.7 Å². The number of azo groups is 1. The average Bonchev–Trinajstić information content (AvgIpc) is 3.16. The number of para-hydroxylation sites is 1. The third-order valence-electron chi connectivity index (χ3n) is 5.70. The van der Waals surface area contributed by atoms with Gasteiger partial charge in [0.05, 0.1) is 34.0 Å². The van der Waals surface area contributed by atoms with E-state index in [9.17, 15) is 18.3 Å². The number of hydrogen-bond acceptors (Lipinski definition) is 8. The lowest BCUT2D eigenvalue weighted by atomic mass is 9.91. The number of benzene rings is 2. The summed E-state index contributed by atoms with van der Waals surface area (Å²) in [5, 5.41) is 23.0. The van der Waals surface area contributed by atoms with Crippen molar-refractivity contribution >= 4 is 27.4 Å². The van der Waals surface area contributed by atoms with Crippen LogP contribution in [0.3, 0.4) is 0 Å². The summed E-state index contributed by atoms with van der Waals surface area (Å²) in [6.45, 7) is 7.50. The minimum atomic E-state index is -3.73. The molecule has 3 aromatic rings. The first-order chi connectivity index (χ1) is 17.0. The number of hydrogen-bond donors (Lipinski definition) is 2. The molecule has 0 saturated heterocycles. The van der Waals surface area contributed by atoms with Crippen LogP contribution in [-0.2, 0) is 19.6 Å². The summed E-state index contributed by atoms with van der Waals surface area (Å²) in [6, 6.07) is 15.0. The summed E-state index contributed by atoms with van der Waals surface area (Å²) in [7, 11) is -3.73. The molecule has 1 heterocycles. The predicted octanol–water partition coefficient (Wildman–Crippen LogP) is 4.95. The number of nitrogens with zero attached hydrogens (tertiary/aromatic N) is 4. The van der Waals surface area contributed by atoms with Gasteiger partial charge in [-0.1, -0.05) is 25.1 Å². The number of aromatic hydroxyl groups is 1. The summed E-state index contributed by atoms with van der Waals surface area (Å²) in [6.07, 6.45) is 1.02. The summed E-state index contributed by atoms with van der Waals surface area (Å²) >= 11 is 0. The summed E-state index contributed by atoms with van der Waals surface area (Å²) in [5.41, 5.74) is 1.25. The highest BCUT2D eigenvalue weighted by molar-refractivity contribution is 7.89. The van der Waals surface area contributed by atoms with Crippen LogP contribution in [0.5, 0.6) is 5.88 Å². The van der Waals surface area contributed by atoms with Gasteiger partial charge in [-0.15, -0.1) is 5.11 Å². The van der Waals surface area contributed by atoms with Crippen LogP contribution < -0.4 is 4.72 Å². The number of esters is 1. The Morgan fingerprint density at radius 2 is 1.78 bits per heavy atom. The summed E-state index contributed by atoms with van der Waals surface area (Å²) in [4.78, 5) is 12.0. The lowest BCUT2D eigenvalue weighted by Gasteiger charge is -2.20. The molecule has 192 valence electrons. The van der Waals surface area contributed by atoms with Crippen LogP contribution in [0.4, 0.5) is 11.4 Å². The van der Waals surface area contributed by atoms with Gasteiger partial charge < -0.3 is 9.84 Å². The number of nitrogens with one attached hydrogen (secondary N) is 1. The monoisotopic (exact) mass is 513 g/mol. The smallest absolute Gasteiger partial charge is 0.311 e. The second-order valence-electron chi connectivity index (χ2n) is 8.82. The molecule has 0 spiro atoms. The minimum absolute atomic E-state index is 0.0708. The molecular formula is C25H31N5O5S. The Morgan fingerprint density at radius 1 is 1.11 bits per heavy atom. The molecule has 0 bridgehead atoms. The van der Waals surface area contributed by atoms with Crippen molar-refractivity contribution in [2.75, 3.05) is 13.2 Å². The van der Waals surface area contributed by atoms with Gasteiger partial charge >= 0.3 is 5.97 Å². The van der Waals surface area contributed by atoms with E-state index in [0.29, 0.717) is 29.9 Å². The number of carbonyl (C=O) groups is 1. The number of sulfonamides is 1. The molecule has 11 heteroatoms. The van der Waals surface area contributed by atoms with Crippen molar-refractivity contribution in [3.05, 3.63) is 60.3 Å². The van der Waals surface area contributed by atoms with Crippen LogP contribution in [-0.4, -0.2) is 42.4 Å². The third kappa shape index (κ3) is 6.55. The highest BCUT2D eigenvalue weighted by Crippen LogP contribution is 2.33. The van der Waals surface area contributed by atoms with Crippen molar-refractivity contribution in [1.29, 1.82) is 0 Å². The van der Waals surface area contributed by atoms with Crippen molar-refractivity contribution in [2.24, 2.45) is 15.6 Å². The largest absolute Gasteiger partial charge is 0.492 e. The Balaban J connectivity index is 1.58. The summed E-state index contributed by atoms with van der Waals surface area (Å²) < 4.78 is 34.2. The molecule has 1 aromatic heterocycles. The fourth-order valence-electron chi connectivity index (χ4n) is 3.04. The molecule has 36 heavy (non-hydrogen) atoms. The van der Waals surface area contributed by atoms with Gasteiger partial charge in [0.2, 0.25) is 15.9 Å².